The number of aromatic nitrogens is 4. The first-order chi connectivity index (χ1) is 11.5. The van der Waals surface area contributed by atoms with Crippen LogP contribution in [0, 0.1) is 20.8 Å². The molecule has 7 nitrogen and oxygen atoms in total. The lowest BCUT2D eigenvalue weighted by molar-refractivity contribution is 0.241. The zero-order chi connectivity index (χ0) is 17.1. The molecular formula is C17H24N6O. The molecule has 24 heavy (non-hydrogen) atoms. The van der Waals surface area contributed by atoms with Gasteiger partial charge in [-0.2, -0.15) is 5.10 Å². The maximum Gasteiger partial charge on any atom is 0.266 e. The molecule has 1 aliphatic rings. The van der Waals surface area contributed by atoms with E-state index in [-0.39, 0.29) is 5.56 Å². The van der Waals surface area contributed by atoms with Crippen LogP contribution in [-0.4, -0.2) is 57.4 Å². The van der Waals surface area contributed by atoms with Crippen LogP contribution in [-0.2, 0) is 6.54 Å². The van der Waals surface area contributed by atoms with Gasteiger partial charge in [0.15, 0.2) is 0 Å². The van der Waals surface area contributed by atoms with Crippen molar-refractivity contribution in [3.8, 4) is 0 Å². The van der Waals surface area contributed by atoms with E-state index in [0.717, 1.165) is 55.8 Å². The van der Waals surface area contributed by atoms with Gasteiger partial charge in [0, 0.05) is 50.2 Å². The highest BCUT2D eigenvalue weighted by atomic mass is 16.1. The SMILES string of the molecule is Cc1cc(C)nc(N2CCN(CCn3nc(C)ccc3=O)CC2)n1. The first-order valence-corrected chi connectivity index (χ1v) is 8.35. The average molecular weight is 328 g/mol. The zero-order valence-electron chi connectivity index (χ0n) is 14.6. The number of nitrogens with zero attached hydrogens (tertiary/aromatic N) is 6. The fourth-order valence-corrected chi connectivity index (χ4v) is 2.97. The molecule has 128 valence electrons. The second-order valence-electron chi connectivity index (χ2n) is 6.32. The fraction of sp³-hybridized carbons (Fsp3) is 0.529. The highest BCUT2D eigenvalue weighted by Crippen LogP contribution is 2.12. The number of piperazine rings is 1. The fourth-order valence-electron chi connectivity index (χ4n) is 2.97. The summed E-state index contributed by atoms with van der Waals surface area (Å²) in [5, 5.41) is 4.29. The summed E-state index contributed by atoms with van der Waals surface area (Å²) < 4.78 is 1.55. The van der Waals surface area contributed by atoms with E-state index in [9.17, 15) is 4.79 Å². The molecule has 1 aliphatic heterocycles. The Morgan fingerprint density at radius 2 is 1.58 bits per heavy atom. The molecule has 2 aromatic heterocycles. The van der Waals surface area contributed by atoms with Crippen LogP contribution >= 0.6 is 0 Å². The van der Waals surface area contributed by atoms with E-state index in [2.05, 4.69) is 24.9 Å². The summed E-state index contributed by atoms with van der Waals surface area (Å²) in [6.07, 6.45) is 0. The van der Waals surface area contributed by atoms with Crippen molar-refractivity contribution in [2.75, 3.05) is 37.6 Å². The van der Waals surface area contributed by atoms with Crippen LogP contribution < -0.4 is 10.5 Å². The molecule has 1 fully saturated rings. The van der Waals surface area contributed by atoms with Gasteiger partial charge in [0.1, 0.15) is 0 Å². The van der Waals surface area contributed by atoms with Gasteiger partial charge < -0.3 is 4.90 Å². The number of anilines is 1. The molecular weight excluding hydrogens is 304 g/mol. The topological polar surface area (TPSA) is 67.2 Å². The second-order valence-corrected chi connectivity index (χ2v) is 6.32. The average Bonchev–Trinajstić information content (AvgIpc) is 2.55. The third kappa shape index (κ3) is 3.97. The van der Waals surface area contributed by atoms with E-state index >= 15 is 0 Å². The molecule has 2 aromatic rings. The molecule has 3 rings (SSSR count). The summed E-state index contributed by atoms with van der Waals surface area (Å²) in [5.74, 6) is 0.823. The van der Waals surface area contributed by atoms with Crippen molar-refractivity contribution >= 4 is 5.95 Å². The van der Waals surface area contributed by atoms with Crippen LogP contribution in [0.3, 0.4) is 0 Å². The van der Waals surface area contributed by atoms with Crippen molar-refractivity contribution in [2.45, 2.75) is 27.3 Å². The Bertz CT molecular complexity index is 744. The van der Waals surface area contributed by atoms with Crippen molar-refractivity contribution < 1.29 is 0 Å². The quantitative estimate of drug-likeness (QED) is 0.826. The Kier molecular flexibility index (Phi) is 4.89. The Hall–Kier alpha value is -2.28. The highest BCUT2D eigenvalue weighted by molar-refractivity contribution is 5.32. The first-order valence-electron chi connectivity index (χ1n) is 8.35. The van der Waals surface area contributed by atoms with Crippen molar-refractivity contribution in [1.82, 2.24) is 24.6 Å². The molecule has 0 saturated carbocycles. The van der Waals surface area contributed by atoms with Gasteiger partial charge >= 0.3 is 0 Å². The smallest absolute Gasteiger partial charge is 0.266 e. The van der Waals surface area contributed by atoms with E-state index in [0.29, 0.717) is 6.54 Å². The van der Waals surface area contributed by atoms with E-state index in [1.165, 1.54) is 0 Å². The minimum Gasteiger partial charge on any atom is -0.338 e. The largest absolute Gasteiger partial charge is 0.338 e. The van der Waals surface area contributed by atoms with Crippen LogP contribution in [0.5, 0.6) is 0 Å². The summed E-state index contributed by atoms with van der Waals surface area (Å²) in [5.41, 5.74) is 2.84. The molecule has 7 heteroatoms. The lowest BCUT2D eigenvalue weighted by atomic mass is 10.3. The molecule has 0 radical (unpaired) electrons. The summed E-state index contributed by atoms with van der Waals surface area (Å²) in [4.78, 5) is 25.5. The molecule has 3 heterocycles. The molecule has 0 bridgehead atoms. The molecule has 0 spiro atoms. The Balaban J connectivity index is 1.55. The molecule has 0 atom stereocenters. The maximum atomic E-state index is 11.8. The summed E-state index contributed by atoms with van der Waals surface area (Å²) in [6, 6.07) is 5.32. The van der Waals surface area contributed by atoms with Crippen LogP contribution in [0.15, 0.2) is 23.0 Å². The monoisotopic (exact) mass is 328 g/mol. The lowest BCUT2D eigenvalue weighted by Crippen LogP contribution is -2.48. The van der Waals surface area contributed by atoms with Crippen molar-refractivity contribution in [3.63, 3.8) is 0 Å². The van der Waals surface area contributed by atoms with Gasteiger partial charge in [-0.05, 0) is 32.9 Å². The molecule has 0 N–H and O–H groups in total. The molecule has 0 unspecified atom stereocenters. The minimum atomic E-state index is -0.0390. The molecule has 1 saturated heterocycles. The van der Waals surface area contributed by atoms with Gasteiger partial charge in [0.25, 0.3) is 5.56 Å². The van der Waals surface area contributed by atoms with Crippen LogP contribution in [0.2, 0.25) is 0 Å². The number of aryl methyl sites for hydroxylation is 3. The lowest BCUT2D eigenvalue weighted by Gasteiger charge is -2.34. The van der Waals surface area contributed by atoms with Crippen molar-refractivity contribution in [3.05, 3.63) is 45.6 Å². The normalized spacial score (nSPS) is 15.7. The standard InChI is InChI=1S/C17H24N6O/c1-13-4-5-16(24)23(20-13)11-8-21-6-9-22(10-7-21)17-18-14(2)12-15(3)19-17/h4-5,12H,6-11H2,1-3H3. The Labute approximate surface area is 142 Å². The van der Waals surface area contributed by atoms with Gasteiger partial charge in [-0.15, -0.1) is 0 Å². The predicted octanol–water partition coefficient (Wildman–Crippen LogP) is 0.781. The third-order valence-electron chi connectivity index (χ3n) is 4.25. The van der Waals surface area contributed by atoms with Gasteiger partial charge in [0.2, 0.25) is 5.95 Å². The summed E-state index contributed by atoms with van der Waals surface area (Å²) in [6.45, 7) is 11.0. The Morgan fingerprint density at radius 1 is 0.917 bits per heavy atom. The van der Waals surface area contributed by atoms with E-state index in [1.807, 2.05) is 26.8 Å². The van der Waals surface area contributed by atoms with Gasteiger partial charge in [-0.1, -0.05) is 0 Å². The van der Waals surface area contributed by atoms with E-state index < -0.39 is 0 Å². The van der Waals surface area contributed by atoms with Gasteiger partial charge in [0.05, 0.1) is 12.2 Å². The summed E-state index contributed by atoms with van der Waals surface area (Å²) >= 11 is 0. The first kappa shape index (κ1) is 16.6. The minimum absolute atomic E-state index is 0.0390. The van der Waals surface area contributed by atoms with Crippen LogP contribution in [0.4, 0.5) is 5.95 Å². The second kappa shape index (κ2) is 7.09. The molecule has 0 amide bonds. The third-order valence-corrected chi connectivity index (χ3v) is 4.25. The van der Waals surface area contributed by atoms with E-state index in [4.69, 9.17) is 0 Å². The van der Waals surface area contributed by atoms with E-state index in [1.54, 1.807) is 16.8 Å². The van der Waals surface area contributed by atoms with Gasteiger partial charge in [-0.25, -0.2) is 14.6 Å². The number of hydrogen-bond donors (Lipinski definition) is 0. The number of hydrogen-bond acceptors (Lipinski definition) is 6. The summed E-state index contributed by atoms with van der Waals surface area (Å²) in [7, 11) is 0. The van der Waals surface area contributed by atoms with Gasteiger partial charge in [-0.3, -0.25) is 9.69 Å². The van der Waals surface area contributed by atoms with Crippen LogP contribution in [0.25, 0.3) is 0 Å². The van der Waals surface area contributed by atoms with Crippen molar-refractivity contribution in [1.29, 1.82) is 0 Å². The predicted molar refractivity (Wildman–Crippen MR) is 93.4 cm³/mol. The highest BCUT2D eigenvalue weighted by Gasteiger charge is 2.19. The molecule has 0 aliphatic carbocycles. The van der Waals surface area contributed by atoms with Crippen molar-refractivity contribution in [2.24, 2.45) is 0 Å². The maximum absolute atomic E-state index is 11.8. The zero-order valence-corrected chi connectivity index (χ0v) is 14.6. The molecule has 0 aromatic carbocycles. The Morgan fingerprint density at radius 3 is 2.25 bits per heavy atom. The number of rotatable bonds is 4. The van der Waals surface area contributed by atoms with Crippen LogP contribution in [0.1, 0.15) is 17.1 Å².